The van der Waals surface area contributed by atoms with Crippen LogP contribution >= 0.6 is 0 Å². The lowest BCUT2D eigenvalue weighted by molar-refractivity contribution is -0.146. The Bertz CT molecular complexity index is 654. The molecule has 0 radical (unpaired) electrons. The zero-order valence-electron chi connectivity index (χ0n) is 12.5. The molecule has 1 atom stereocenters. The first kappa shape index (κ1) is 15.8. The molecular weight excluding hydrogens is 284 g/mol. The van der Waals surface area contributed by atoms with Gasteiger partial charge in [-0.05, 0) is 37.5 Å². The Balaban J connectivity index is 2.37. The number of benzene rings is 1. The first-order valence-corrected chi connectivity index (χ1v) is 6.86. The average molecular weight is 302 g/mol. The molecule has 0 saturated heterocycles. The van der Waals surface area contributed by atoms with E-state index in [1.165, 1.54) is 6.08 Å². The van der Waals surface area contributed by atoms with Crippen LogP contribution in [0.15, 0.2) is 47.6 Å². The standard InChI is InChI=1S/C17H18O5/c1-11-3-6-13(15(18)19)10-17(11,16(20)21)9-12-4-7-14(22-2)8-5-12/h3-8H,9-10H2,1-2H3,(H,18,19)(H,20,21). The van der Waals surface area contributed by atoms with Gasteiger partial charge in [0.25, 0.3) is 0 Å². The van der Waals surface area contributed by atoms with Crippen LogP contribution in [-0.2, 0) is 16.0 Å². The Kier molecular flexibility index (Phi) is 4.35. The average Bonchev–Trinajstić information content (AvgIpc) is 2.49. The molecule has 116 valence electrons. The lowest BCUT2D eigenvalue weighted by Gasteiger charge is -2.33. The van der Waals surface area contributed by atoms with Crippen LogP contribution in [0.1, 0.15) is 18.9 Å². The van der Waals surface area contributed by atoms with E-state index in [1.54, 1.807) is 44.4 Å². The largest absolute Gasteiger partial charge is 0.497 e. The molecule has 0 aromatic heterocycles. The number of ether oxygens (including phenoxy) is 1. The number of hydrogen-bond donors (Lipinski definition) is 2. The van der Waals surface area contributed by atoms with Gasteiger partial charge in [0.1, 0.15) is 5.75 Å². The molecular formula is C17H18O5. The maximum atomic E-state index is 11.9. The number of aliphatic carboxylic acids is 2. The summed E-state index contributed by atoms with van der Waals surface area (Å²) in [4.78, 5) is 23.1. The van der Waals surface area contributed by atoms with Gasteiger partial charge >= 0.3 is 11.9 Å². The van der Waals surface area contributed by atoms with Gasteiger partial charge in [-0.3, -0.25) is 4.79 Å². The van der Waals surface area contributed by atoms with Crippen LogP contribution in [0.5, 0.6) is 5.75 Å². The van der Waals surface area contributed by atoms with Crippen LogP contribution < -0.4 is 4.74 Å². The van der Waals surface area contributed by atoms with E-state index < -0.39 is 17.4 Å². The van der Waals surface area contributed by atoms with Gasteiger partial charge in [-0.2, -0.15) is 0 Å². The monoisotopic (exact) mass is 302 g/mol. The van der Waals surface area contributed by atoms with Gasteiger partial charge in [0, 0.05) is 5.57 Å². The summed E-state index contributed by atoms with van der Waals surface area (Å²) in [6.07, 6.45) is 3.28. The summed E-state index contributed by atoms with van der Waals surface area (Å²) in [5.74, 6) is -1.40. The lowest BCUT2D eigenvalue weighted by atomic mass is 9.69. The minimum absolute atomic E-state index is 0.0218. The van der Waals surface area contributed by atoms with Gasteiger partial charge in [-0.15, -0.1) is 0 Å². The number of carboxylic acids is 2. The summed E-state index contributed by atoms with van der Waals surface area (Å²) in [5, 5.41) is 18.9. The number of allylic oxidation sites excluding steroid dienone is 2. The second-order valence-electron chi connectivity index (χ2n) is 5.44. The maximum Gasteiger partial charge on any atom is 0.331 e. The number of carboxylic acid groups (broad SMARTS) is 2. The summed E-state index contributed by atoms with van der Waals surface area (Å²) in [7, 11) is 1.56. The van der Waals surface area contributed by atoms with Crippen LogP contribution in [0.3, 0.4) is 0 Å². The highest BCUT2D eigenvalue weighted by Gasteiger charge is 2.43. The third-order valence-electron chi connectivity index (χ3n) is 4.13. The molecule has 0 aliphatic heterocycles. The molecule has 0 fully saturated rings. The highest BCUT2D eigenvalue weighted by molar-refractivity contribution is 5.91. The number of carbonyl (C=O) groups is 2. The lowest BCUT2D eigenvalue weighted by Crippen LogP contribution is -2.37. The highest BCUT2D eigenvalue weighted by atomic mass is 16.5. The van der Waals surface area contributed by atoms with Gasteiger partial charge in [-0.1, -0.05) is 29.9 Å². The zero-order valence-corrected chi connectivity index (χ0v) is 12.5. The summed E-state index contributed by atoms with van der Waals surface area (Å²) >= 11 is 0. The van der Waals surface area contributed by atoms with Crippen molar-refractivity contribution in [1.82, 2.24) is 0 Å². The van der Waals surface area contributed by atoms with Crippen molar-refractivity contribution in [2.75, 3.05) is 7.11 Å². The quantitative estimate of drug-likeness (QED) is 0.873. The molecule has 1 aliphatic carbocycles. The van der Waals surface area contributed by atoms with Gasteiger partial charge < -0.3 is 14.9 Å². The molecule has 5 nitrogen and oxygen atoms in total. The third-order valence-corrected chi connectivity index (χ3v) is 4.13. The predicted octanol–water partition coefficient (Wildman–Crippen LogP) is 2.67. The molecule has 2 rings (SSSR count). The van der Waals surface area contributed by atoms with Crippen LogP contribution in [0.2, 0.25) is 0 Å². The summed E-state index contributed by atoms with van der Waals surface area (Å²) < 4.78 is 5.09. The molecule has 1 aromatic carbocycles. The normalized spacial score (nSPS) is 20.8. The number of rotatable bonds is 5. The van der Waals surface area contributed by atoms with E-state index in [0.29, 0.717) is 11.3 Å². The van der Waals surface area contributed by atoms with Crippen molar-refractivity contribution in [2.45, 2.75) is 19.8 Å². The van der Waals surface area contributed by atoms with Crippen molar-refractivity contribution in [3.8, 4) is 5.75 Å². The molecule has 0 amide bonds. The summed E-state index contributed by atoms with van der Waals surface area (Å²) in [6.45, 7) is 1.73. The van der Waals surface area contributed by atoms with Gasteiger partial charge in [-0.25, -0.2) is 4.79 Å². The Morgan fingerprint density at radius 2 is 1.82 bits per heavy atom. The van der Waals surface area contributed by atoms with Crippen LogP contribution in [-0.4, -0.2) is 29.3 Å². The fraction of sp³-hybridized carbons (Fsp3) is 0.294. The first-order chi connectivity index (χ1) is 10.4. The molecule has 0 spiro atoms. The molecule has 0 heterocycles. The van der Waals surface area contributed by atoms with E-state index in [9.17, 15) is 14.7 Å². The molecule has 0 bridgehead atoms. The van der Waals surface area contributed by atoms with Gasteiger partial charge in [0.2, 0.25) is 0 Å². The van der Waals surface area contributed by atoms with E-state index in [0.717, 1.165) is 5.56 Å². The second kappa shape index (κ2) is 6.05. The van der Waals surface area contributed by atoms with Crippen LogP contribution in [0.25, 0.3) is 0 Å². The maximum absolute atomic E-state index is 11.9. The van der Waals surface area contributed by atoms with E-state index in [4.69, 9.17) is 9.84 Å². The van der Waals surface area contributed by atoms with E-state index in [1.807, 2.05) is 0 Å². The number of hydrogen-bond acceptors (Lipinski definition) is 3. The van der Waals surface area contributed by atoms with Crippen molar-refractivity contribution in [2.24, 2.45) is 5.41 Å². The van der Waals surface area contributed by atoms with E-state index in [-0.39, 0.29) is 18.4 Å². The molecule has 2 N–H and O–H groups in total. The van der Waals surface area contributed by atoms with Crippen molar-refractivity contribution in [1.29, 1.82) is 0 Å². The smallest absolute Gasteiger partial charge is 0.331 e. The van der Waals surface area contributed by atoms with Crippen molar-refractivity contribution < 1.29 is 24.5 Å². The topological polar surface area (TPSA) is 83.8 Å². The minimum atomic E-state index is -1.23. The Morgan fingerprint density at radius 3 is 2.32 bits per heavy atom. The zero-order chi connectivity index (χ0) is 16.3. The van der Waals surface area contributed by atoms with E-state index >= 15 is 0 Å². The highest BCUT2D eigenvalue weighted by Crippen LogP contribution is 2.41. The minimum Gasteiger partial charge on any atom is -0.497 e. The summed E-state index contributed by atoms with van der Waals surface area (Å²) in [5.41, 5.74) is 0.363. The van der Waals surface area contributed by atoms with Crippen LogP contribution in [0, 0.1) is 5.41 Å². The Morgan fingerprint density at radius 1 is 1.18 bits per heavy atom. The summed E-state index contributed by atoms with van der Waals surface area (Å²) in [6, 6.07) is 7.13. The van der Waals surface area contributed by atoms with E-state index in [2.05, 4.69) is 0 Å². The van der Waals surface area contributed by atoms with Gasteiger partial charge in [0.15, 0.2) is 0 Å². The van der Waals surface area contributed by atoms with Gasteiger partial charge in [0.05, 0.1) is 12.5 Å². The predicted molar refractivity (Wildman–Crippen MR) is 80.9 cm³/mol. The number of methoxy groups -OCH3 is 1. The Hall–Kier alpha value is -2.56. The molecule has 1 aromatic rings. The van der Waals surface area contributed by atoms with Crippen molar-refractivity contribution in [3.05, 3.63) is 53.1 Å². The molecule has 22 heavy (non-hydrogen) atoms. The fourth-order valence-corrected chi connectivity index (χ4v) is 2.67. The fourth-order valence-electron chi connectivity index (χ4n) is 2.67. The molecule has 5 heteroatoms. The van der Waals surface area contributed by atoms with Crippen LogP contribution in [0.4, 0.5) is 0 Å². The van der Waals surface area contributed by atoms with Crippen molar-refractivity contribution >= 4 is 11.9 Å². The third kappa shape index (κ3) is 2.88. The SMILES string of the molecule is COc1ccc(CC2(C(=O)O)CC(C(=O)O)=CC=C2C)cc1. The molecule has 1 aliphatic rings. The van der Waals surface area contributed by atoms with Crippen molar-refractivity contribution in [3.63, 3.8) is 0 Å². The second-order valence-corrected chi connectivity index (χ2v) is 5.44. The molecule has 1 unspecified atom stereocenters. The Labute approximate surface area is 128 Å². The molecule has 0 saturated carbocycles. The first-order valence-electron chi connectivity index (χ1n) is 6.86.